The molecule has 0 radical (unpaired) electrons. The molecule has 2 unspecified atom stereocenters. The molecule has 0 bridgehead atoms. The van der Waals surface area contributed by atoms with Gasteiger partial charge >= 0.3 is 0 Å². The SMILES string of the molecule is CC(C)N1CCC2(CCN(CC3CC4CN(C(C)C)CC4C3)C2)CC1. The molecule has 4 aliphatic rings. The van der Waals surface area contributed by atoms with Gasteiger partial charge in [-0.25, -0.2) is 0 Å². The highest BCUT2D eigenvalue weighted by molar-refractivity contribution is 4.97. The molecule has 3 heteroatoms. The van der Waals surface area contributed by atoms with E-state index in [2.05, 4.69) is 42.4 Å². The Morgan fingerprint density at radius 3 is 1.92 bits per heavy atom. The third-order valence-corrected chi connectivity index (χ3v) is 8.23. The maximum atomic E-state index is 2.86. The first-order chi connectivity index (χ1) is 11.9. The lowest BCUT2D eigenvalue weighted by Crippen LogP contribution is -2.44. The van der Waals surface area contributed by atoms with Crippen LogP contribution in [-0.4, -0.2) is 72.6 Å². The zero-order chi connectivity index (χ0) is 17.6. The molecular formula is C22H41N3. The Morgan fingerprint density at radius 1 is 0.800 bits per heavy atom. The molecule has 4 rings (SSSR count). The minimum Gasteiger partial charge on any atom is -0.302 e. The summed E-state index contributed by atoms with van der Waals surface area (Å²) in [6, 6.07) is 1.48. The van der Waals surface area contributed by atoms with Gasteiger partial charge < -0.3 is 14.7 Å². The zero-order valence-corrected chi connectivity index (χ0v) is 17.2. The summed E-state index contributed by atoms with van der Waals surface area (Å²) in [6.45, 7) is 19.1. The van der Waals surface area contributed by atoms with Gasteiger partial charge in [-0.3, -0.25) is 0 Å². The van der Waals surface area contributed by atoms with E-state index in [4.69, 9.17) is 0 Å². The van der Waals surface area contributed by atoms with Crippen molar-refractivity contribution in [1.82, 2.24) is 14.7 Å². The second-order valence-electron chi connectivity index (χ2n) is 10.5. The van der Waals surface area contributed by atoms with Crippen LogP contribution in [0.5, 0.6) is 0 Å². The highest BCUT2D eigenvalue weighted by atomic mass is 15.2. The quantitative estimate of drug-likeness (QED) is 0.770. The Morgan fingerprint density at radius 2 is 1.36 bits per heavy atom. The van der Waals surface area contributed by atoms with Gasteiger partial charge in [-0.2, -0.15) is 0 Å². The lowest BCUT2D eigenvalue weighted by atomic mass is 9.77. The van der Waals surface area contributed by atoms with Crippen molar-refractivity contribution in [3.63, 3.8) is 0 Å². The van der Waals surface area contributed by atoms with Crippen LogP contribution in [0.4, 0.5) is 0 Å². The number of rotatable bonds is 4. The molecule has 0 amide bonds. The summed E-state index contributed by atoms with van der Waals surface area (Å²) in [6.07, 6.45) is 7.39. The van der Waals surface area contributed by atoms with Gasteiger partial charge in [0, 0.05) is 38.3 Å². The summed E-state index contributed by atoms with van der Waals surface area (Å²) in [4.78, 5) is 8.27. The number of hydrogen-bond acceptors (Lipinski definition) is 3. The van der Waals surface area contributed by atoms with Crippen LogP contribution < -0.4 is 0 Å². The maximum Gasteiger partial charge on any atom is 0.00395 e. The van der Waals surface area contributed by atoms with Gasteiger partial charge in [0.1, 0.15) is 0 Å². The van der Waals surface area contributed by atoms with Crippen LogP contribution >= 0.6 is 0 Å². The third-order valence-electron chi connectivity index (χ3n) is 8.23. The maximum absolute atomic E-state index is 2.86. The first-order valence-corrected chi connectivity index (χ1v) is 11.1. The number of fused-ring (bicyclic) bond motifs is 1. The molecule has 2 atom stereocenters. The molecule has 1 aliphatic carbocycles. The van der Waals surface area contributed by atoms with Crippen molar-refractivity contribution < 1.29 is 0 Å². The average molecular weight is 348 g/mol. The Kier molecular flexibility index (Phi) is 5.20. The molecule has 0 aromatic heterocycles. The van der Waals surface area contributed by atoms with Crippen LogP contribution in [0.15, 0.2) is 0 Å². The van der Waals surface area contributed by atoms with E-state index in [9.17, 15) is 0 Å². The average Bonchev–Trinajstić information content (AvgIpc) is 3.22. The Bertz CT molecular complexity index is 438. The molecule has 4 fully saturated rings. The number of likely N-dealkylation sites (tertiary alicyclic amines) is 3. The number of nitrogens with zero attached hydrogens (tertiary/aromatic N) is 3. The molecule has 1 saturated carbocycles. The zero-order valence-electron chi connectivity index (χ0n) is 17.2. The van der Waals surface area contributed by atoms with E-state index < -0.39 is 0 Å². The van der Waals surface area contributed by atoms with E-state index >= 15 is 0 Å². The highest BCUT2D eigenvalue weighted by Crippen LogP contribution is 2.45. The predicted octanol–water partition coefficient (Wildman–Crippen LogP) is 3.55. The van der Waals surface area contributed by atoms with Crippen LogP contribution in [0.3, 0.4) is 0 Å². The van der Waals surface area contributed by atoms with Crippen molar-refractivity contribution >= 4 is 0 Å². The molecule has 3 heterocycles. The second-order valence-corrected chi connectivity index (χ2v) is 10.5. The standard InChI is InChI=1S/C22H41N3/c1-17(2)24-9-6-22(7-10-24)5-8-23(16-22)13-19-11-20-14-25(18(3)4)15-21(20)12-19/h17-21H,5-16H2,1-4H3. The van der Waals surface area contributed by atoms with Crippen molar-refractivity contribution in [2.45, 2.75) is 71.9 Å². The molecule has 144 valence electrons. The van der Waals surface area contributed by atoms with Gasteiger partial charge in [0.2, 0.25) is 0 Å². The summed E-state index contributed by atoms with van der Waals surface area (Å²) in [5.74, 6) is 3.02. The van der Waals surface area contributed by atoms with Crippen LogP contribution in [0.2, 0.25) is 0 Å². The van der Waals surface area contributed by atoms with E-state index in [1.54, 1.807) is 0 Å². The molecule has 3 aliphatic heterocycles. The van der Waals surface area contributed by atoms with Crippen LogP contribution in [0.25, 0.3) is 0 Å². The minimum absolute atomic E-state index is 0.675. The summed E-state index contributed by atoms with van der Waals surface area (Å²) in [7, 11) is 0. The fourth-order valence-electron chi connectivity index (χ4n) is 6.50. The van der Waals surface area contributed by atoms with Crippen molar-refractivity contribution in [2.24, 2.45) is 23.2 Å². The molecule has 0 aromatic carbocycles. The lowest BCUT2D eigenvalue weighted by Gasteiger charge is -2.41. The van der Waals surface area contributed by atoms with Gasteiger partial charge in [-0.1, -0.05) is 0 Å². The van der Waals surface area contributed by atoms with Gasteiger partial charge in [0.15, 0.2) is 0 Å². The van der Waals surface area contributed by atoms with E-state index in [-0.39, 0.29) is 0 Å². The molecule has 1 spiro atoms. The second kappa shape index (κ2) is 7.13. The summed E-state index contributed by atoms with van der Waals surface area (Å²) >= 11 is 0. The van der Waals surface area contributed by atoms with Crippen molar-refractivity contribution in [1.29, 1.82) is 0 Å². The molecular weight excluding hydrogens is 306 g/mol. The third kappa shape index (κ3) is 3.80. The summed E-state index contributed by atoms with van der Waals surface area (Å²) < 4.78 is 0. The molecule has 25 heavy (non-hydrogen) atoms. The van der Waals surface area contributed by atoms with Gasteiger partial charge in [0.05, 0.1) is 0 Å². The van der Waals surface area contributed by atoms with Crippen LogP contribution in [0.1, 0.15) is 59.8 Å². The highest BCUT2D eigenvalue weighted by Gasteiger charge is 2.44. The smallest absolute Gasteiger partial charge is 0.00395 e. The largest absolute Gasteiger partial charge is 0.302 e. The van der Waals surface area contributed by atoms with Crippen molar-refractivity contribution in [3.8, 4) is 0 Å². The normalized spacial score (nSPS) is 37.0. The predicted molar refractivity (Wildman–Crippen MR) is 106 cm³/mol. The first-order valence-electron chi connectivity index (χ1n) is 11.1. The Hall–Kier alpha value is -0.120. The monoisotopic (exact) mass is 347 g/mol. The molecule has 0 aromatic rings. The van der Waals surface area contributed by atoms with E-state index in [1.807, 2.05) is 0 Å². The van der Waals surface area contributed by atoms with Crippen molar-refractivity contribution in [2.75, 3.05) is 45.8 Å². The Balaban J connectivity index is 1.24. The fourth-order valence-corrected chi connectivity index (χ4v) is 6.50. The molecule has 3 nitrogen and oxygen atoms in total. The van der Waals surface area contributed by atoms with E-state index in [1.165, 1.54) is 77.9 Å². The van der Waals surface area contributed by atoms with Crippen LogP contribution in [0, 0.1) is 23.2 Å². The first kappa shape index (κ1) is 18.3. The summed E-state index contributed by atoms with van der Waals surface area (Å²) in [5, 5.41) is 0. The fraction of sp³-hybridized carbons (Fsp3) is 1.00. The van der Waals surface area contributed by atoms with Gasteiger partial charge in [-0.15, -0.1) is 0 Å². The topological polar surface area (TPSA) is 9.72 Å². The number of piperidine rings is 1. The van der Waals surface area contributed by atoms with Crippen molar-refractivity contribution in [3.05, 3.63) is 0 Å². The lowest BCUT2D eigenvalue weighted by molar-refractivity contribution is 0.0850. The van der Waals surface area contributed by atoms with Gasteiger partial charge in [0.25, 0.3) is 0 Å². The Labute approximate surface area is 156 Å². The van der Waals surface area contributed by atoms with E-state index in [0.29, 0.717) is 5.41 Å². The summed E-state index contributed by atoms with van der Waals surface area (Å²) in [5.41, 5.74) is 0.675. The minimum atomic E-state index is 0.675. The molecule has 0 N–H and O–H groups in total. The van der Waals surface area contributed by atoms with E-state index in [0.717, 1.165) is 29.8 Å². The van der Waals surface area contributed by atoms with Gasteiger partial charge in [-0.05, 0) is 103 Å². The van der Waals surface area contributed by atoms with Crippen LogP contribution in [-0.2, 0) is 0 Å². The molecule has 3 saturated heterocycles. The number of hydrogen-bond donors (Lipinski definition) is 0.